The van der Waals surface area contributed by atoms with Crippen molar-refractivity contribution >= 4 is 47.1 Å². The van der Waals surface area contributed by atoms with Crippen molar-refractivity contribution in [3.05, 3.63) is 76.0 Å². The molecule has 1 aromatic heterocycles. The number of halogens is 2. The topological polar surface area (TPSA) is 54.6 Å². The van der Waals surface area contributed by atoms with Crippen molar-refractivity contribution in [3.8, 4) is 11.3 Å². The highest BCUT2D eigenvalue weighted by Gasteiger charge is 2.14. The minimum atomic E-state index is -0.278. The van der Waals surface area contributed by atoms with E-state index in [-0.39, 0.29) is 11.2 Å². The van der Waals surface area contributed by atoms with E-state index >= 15 is 0 Å². The number of thioether (sulfide) groups is 1. The molecule has 1 heterocycles. The first-order valence-corrected chi connectivity index (χ1v) is 10.2. The second-order valence-corrected chi connectivity index (χ2v) is 8.39. The van der Waals surface area contributed by atoms with Crippen LogP contribution < -0.4 is 5.43 Å². The van der Waals surface area contributed by atoms with Crippen LogP contribution in [0.15, 0.2) is 69.0 Å². The second kappa shape index (κ2) is 9.32. The molecule has 144 valence electrons. The number of aryl methyl sites for hydroxylation is 1. The SMILES string of the molecule is Cc1ccc(S[C@H](C)C(=O)N/N=C\c2ccc(-c3ccc(Cl)cc3Cl)o2)cc1. The fourth-order valence-corrected chi connectivity index (χ4v) is 3.74. The van der Waals surface area contributed by atoms with Crippen LogP contribution in [0.3, 0.4) is 0 Å². The zero-order valence-corrected chi connectivity index (χ0v) is 17.6. The summed E-state index contributed by atoms with van der Waals surface area (Å²) in [5.41, 5.74) is 4.45. The normalized spacial score (nSPS) is 12.3. The minimum Gasteiger partial charge on any atom is -0.455 e. The van der Waals surface area contributed by atoms with Crippen LogP contribution in [0.1, 0.15) is 18.2 Å². The molecule has 0 bridgehead atoms. The van der Waals surface area contributed by atoms with Crippen molar-refractivity contribution < 1.29 is 9.21 Å². The number of hydrazone groups is 1. The van der Waals surface area contributed by atoms with Gasteiger partial charge in [-0.1, -0.05) is 40.9 Å². The maximum atomic E-state index is 12.2. The van der Waals surface area contributed by atoms with Crippen LogP contribution in [0.25, 0.3) is 11.3 Å². The Hall–Kier alpha value is -2.21. The van der Waals surface area contributed by atoms with Crippen molar-refractivity contribution in [2.75, 3.05) is 0 Å². The van der Waals surface area contributed by atoms with Gasteiger partial charge in [-0.05, 0) is 56.3 Å². The summed E-state index contributed by atoms with van der Waals surface area (Å²) in [6, 6.07) is 16.8. The molecule has 0 saturated heterocycles. The van der Waals surface area contributed by atoms with Crippen molar-refractivity contribution in [3.63, 3.8) is 0 Å². The van der Waals surface area contributed by atoms with E-state index in [4.69, 9.17) is 27.6 Å². The molecule has 0 unspecified atom stereocenters. The number of carbonyl (C=O) groups is 1. The van der Waals surface area contributed by atoms with E-state index in [0.29, 0.717) is 21.6 Å². The fraction of sp³-hybridized carbons (Fsp3) is 0.143. The molecule has 7 heteroatoms. The lowest BCUT2D eigenvalue weighted by molar-refractivity contribution is -0.120. The lowest BCUT2D eigenvalue weighted by Gasteiger charge is -2.09. The lowest BCUT2D eigenvalue weighted by atomic mass is 10.2. The molecule has 0 aliphatic carbocycles. The maximum absolute atomic E-state index is 12.2. The lowest BCUT2D eigenvalue weighted by Crippen LogP contribution is -2.26. The monoisotopic (exact) mass is 432 g/mol. The van der Waals surface area contributed by atoms with E-state index in [1.54, 1.807) is 30.3 Å². The number of nitrogens with zero attached hydrogens (tertiary/aromatic N) is 1. The Labute approximate surface area is 177 Å². The molecule has 3 aromatic rings. The van der Waals surface area contributed by atoms with Gasteiger partial charge in [-0.3, -0.25) is 4.79 Å². The van der Waals surface area contributed by atoms with E-state index in [0.717, 1.165) is 10.5 Å². The number of furan rings is 1. The first-order chi connectivity index (χ1) is 13.4. The summed E-state index contributed by atoms with van der Waals surface area (Å²) >= 11 is 13.6. The molecule has 0 aliphatic heterocycles. The van der Waals surface area contributed by atoms with Gasteiger partial charge in [0.25, 0.3) is 5.91 Å². The summed E-state index contributed by atoms with van der Waals surface area (Å²) in [7, 11) is 0. The zero-order chi connectivity index (χ0) is 20.1. The fourth-order valence-electron chi connectivity index (χ4n) is 2.38. The van der Waals surface area contributed by atoms with Crippen LogP contribution in [0.2, 0.25) is 10.0 Å². The summed E-state index contributed by atoms with van der Waals surface area (Å²) in [4.78, 5) is 13.2. The molecule has 2 aromatic carbocycles. The molecule has 0 aliphatic rings. The molecule has 4 nitrogen and oxygen atoms in total. The molecular formula is C21H18Cl2N2O2S. The van der Waals surface area contributed by atoms with Gasteiger partial charge in [-0.2, -0.15) is 5.10 Å². The van der Waals surface area contributed by atoms with E-state index in [2.05, 4.69) is 10.5 Å². The molecule has 1 amide bonds. The van der Waals surface area contributed by atoms with Crippen LogP contribution in [0, 0.1) is 6.92 Å². The molecule has 1 N–H and O–H groups in total. The van der Waals surface area contributed by atoms with Crippen molar-refractivity contribution in [2.45, 2.75) is 24.0 Å². The first-order valence-electron chi connectivity index (χ1n) is 8.54. The highest BCUT2D eigenvalue weighted by molar-refractivity contribution is 8.00. The summed E-state index contributed by atoms with van der Waals surface area (Å²) in [5, 5.41) is 4.76. The van der Waals surface area contributed by atoms with Crippen LogP contribution in [0.4, 0.5) is 0 Å². The third kappa shape index (κ3) is 5.41. The summed E-state index contributed by atoms with van der Waals surface area (Å²) in [5.74, 6) is 0.909. The van der Waals surface area contributed by atoms with E-state index < -0.39 is 0 Å². The highest BCUT2D eigenvalue weighted by atomic mass is 35.5. The van der Waals surface area contributed by atoms with Crippen molar-refractivity contribution in [2.24, 2.45) is 5.10 Å². The molecule has 3 rings (SSSR count). The number of carbonyl (C=O) groups excluding carboxylic acids is 1. The van der Waals surface area contributed by atoms with Crippen LogP contribution in [0.5, 0.6) is 0 Å². The average molecular weight is 433 g/mol. The van der Waals surface area contributed by atoms with Gasteiger partial charge in [0.1, 0.15) is 11.5 Å². The predicted octanol–water partition coefficient (Wildman–Crippen LogP) is 6.19. The minimum absolute atomic E-state index is 0.186. The molecule has 0 saturated carbocycles. The Kier molecular flexibility index (Phi) is 6.83. The van der Waals surface area contributed by atoms with Gasteiger partial charge in [0, 0.05) is 15.5 Å². The number of nitrogens with one attached hydrogen (secondary N) is 1. The molecule has 0 radical (unpaired) electrons. The summed E-state index contributed by atoms with van der Waals surface area (Å²) in [6.07, 6.45) is 1.45. The van der Waals surface area contributed by atoms with Gasteiger partial charge in [0.15, 0.2) is 0 Å². The summed E-state index contributed by atoms with van der Waals surface area (Å²) in [6.45, 7) is 3.86. The predicted molar refractivity (Wildman–Crippen MR) is 116 cm³/mol. The molecule has 0 spiro atoms. The largest absolute Gasteiger partial charge is 0.455 e. The van der Waals surface area contributed by atoms with Crippen molar-refractivity contribution in [1.82, 2.24) is 5.43 Å². The molecule has 0 fully saturated rings. The number of hydrogen-bond donors (Lipinski definition) is 1. The number of amides is 1. The Bertz CT molecular complexity index is 1000. The Morgan fingerprint density at radius 3 is 2.61 bits per heavy atom. The average Bonchev–Trinajstić information content (AvgIpc) is 3.12. The van der Waals surface area contributed by atoms with E-state index in [1.807, 2.05) is 38.1 Å². The van der Waals surface area contributed by atoms with Crippen LogP contribution in [-0.4, -0.2) is 17.4 Å². The van der Waals surface area contributed by atoms with E-state index in [1.165, 1.54) is 23.5 Å². The summed E-state index contributed by atoms with van der Waals surface area (Å²) < 4.78 is 5.71. The van der Waals surface area contributed by atoms with Crippen LogP contribution in [-0.2, 0) is 4.79 Å². The molecule has 28 heavy (non-hydrogen) atoms. The third-order valence-electron chi connectivity index (χ3n) is 3.89. The van der Waals surface area contributed by atoms with E-state index in [9.17, 15) is 4.79 Å². The Morgan fingerprint density at radius 2 is 1.89 bits per heavy atom. The van der Waals surface area contributed by atoms with Crippen molar-refractivity contribution in [1.29, 1.82) is 0 Å². The zero-order valence-electron chi connectivity index (χ0n) is 15.3. The smallest absolute Gasteiger partial charge is 0.253 e. The van der Waals surface area contributed by atoms with Crippen LogP contribution >= 0.6 is 35.0 Å². The van der Waals surface area contributed by atoms with Gasteiger partial charge in [-0.15, -0.1) is 11.8 Å². The van der Waals surface area contributed by atoms with Gasteiger partial charge >= 0.3 is 0 Å². The second-order valence-electron chi connectivity index (χ2n) is 6.13. The Morgan fingerprint density at radius 1 is 1.14 bits per heavy atom. The number of hydrogen-bond acceptors (Lipinski definition) is 4. The quantitative estimate of drug-likeness (QED) is 0.286. The third-order valence-corrected chi connectivity index (χ3v) is 5.55. The number of rotatable bonds is 6. The Balaban J connectivity index is 1.57. The van der Waals surface area contributed by atoms with Gasteiger partial charge in [0.2, 0.25) is 0 Å². The van der Waals surface area contributed by atoms with Gasteiger partial charge in [0.05, 0.1) is 16.5 Å². The standard InChI is InChI=1S/C21H18Cl2N2O2S/c1-13-3-7-17(8-4-13)28-14(2)21(26)25-24-12-16-6-10-20(27-16)18-9-5-15(22)11-19(18)23/h3-12,14H,1-2H3,(H,25,26)/b24-12-/t14-/m1/s1. The maximum Gasteiger partial charge on any atom is 0.253 e. The van der Waals surface area contributed by atoms with Gasteiger partial charge < -0.3 is 4.42 Å². The van der Waals surface area contributed by atoms with Gasteiger partial charge in [-0.25, -0.2) is 5.43 Å². The molecule has 1 atom stereocenters. The highest BCUT2D eigenvalue weighted by Crippen LogP contribution is 2.31. The molecular weight excluding hydrogens is 415 g/mol. The number of benzene rings is 2. The first kappa shape index (κ1) is 20.5.